The number of carbonyl (C=O) groups excluding carboxylic acids is 1. The zero-order valence-corrected chi connectivity index (χ0v) is 13.3. The number of aromatic nitrogens is 1. The Morgan fingerprint density at radius 2 is 2.09 bits per heavy atom. The lowest BCUT2D eigenvalue weighted by molar-refractivity contribution is 0.0522. The maximum Gasteiger partial charge on any atom is 0.343 e. The summed E-state index contributed by atoms with van der Waals surface area (Å²) in [5.74, 6) is 0.589. The number of rotatable bonds is 4. The smallest absolute Gasteiger partial charge is 0.343 e. The molecule has 0 aliphatic heterocycles. The van der Waals surface area contributed by atoms with E-state index in [-0.39, 0.29) is 0 Å². The lowest BCUT2D eigenvalue weighted by Gasteiger charge is -2.27. The maximum atomic E-state index is 12.0. The second-order valence-electron chi connectivity index (χ2n) is 5.80. The molecule has 116 valence electrons. The third-order valence-corrected chi connectivity index (χ3v) is 4.40. The van der Waals surface area contributed by atoms with Gasteiger partial charge in [-0.3, -0.25) is 0 Å². The van der Waals surface area contributed by atoms with Gasteiger partial charge < -0.3 is 9.47 Å². The Kier molecular flexibility index (Phi) is 4.01. The number of hydrogen-bond acceptors (Lipinski definition) is 4. The molecule has 0 amide bonds. The number of benzene rings is 1. The van der Waals surface area contributed by atoms with E-state index >= 15 is 0 Å². The largest absolute Gasteiger partial charge is 0.480 e. The number of pyridine rings is 1. The van der Waals surface area contributed by atoms with Crippen LogP contribution < -0.4 is 4.74 Å². The van der Waals surface area contributed by atoms with Gasteiger partial charge in [-0.15, -0.1) is 0 Å². The summed E-state index contributed by atoms with van der Waals surface area (Å²) in [6.07, 6.45) is 3.81. The van der Waals surface area contributed by atoms with E-state index in [1.807, 2.05) is 6.07 Å². The van der Waals surface area contributed by atoms with Crippen molar-refractivity contribution in [3.8, 4) is 5.88 Å². The molecule has 0 radical (unpaired) electrons. The molecule has 1 aromatic carbocycles. The number of ether oxygens (including phenoxy) is 2. The van der Waals surface area contributed by atoms with Crippen molar-refractivity contribution in [1.82, 2.24) is 4.98 Å². The third-order valence-electron chi connectivity index (χ3n) is 4.40. The van der Waals surface area contributed by atoms with Gasteiger partial charge in [0.1, 0.15) is 5.56 Å². The van der Waals surface area contributed by atoms with E-state index < -0.39 is 5.97 Å². The van der Waals surface area contributed by atoms with Gasteiger partial charge in [0, 0.05) is 5.39 Å². The summed E-state index contributed by atoms with van der Waals surface area (Å²) >= 11 is 0. The number of methoxy groups -OCH3 is 1. The predicted molar refractivity (Wildman–Crippen MR) is 85.6 cm³/mol. The fraction of sp³-hybridized carbons (Fsp3) is 0.444. The summed E-state index contributed by atoms with van der Waals surface area (Å²) in [5, 5.41) is 0.949. The van der Waals surface area contributed by atoms with Crippen molar-refractivity contribution in [2.45, 2.75) is 39.0 Å². The summed E-state index contributed by atoms with van der Waals surface area (Å²) in [5.41, 5.74) is 3.89. The highest BCUT2D eigenvalue weighted by Gasteiger charge is 2.23. The number of esters is 1. The van der Waals surface area contributed by atoms with Crippen molar-refractivity contribution in [2.24, 2.45) is 0 Å². The molecule has 22 heavy (non-hydrogen) atoms. The fourth-order valence-electron chi connectivity index (χ4n) is 3.00. The molecule has 2 aromatic rings. The zero-order chi connectivity index (χ0) is 15.7. The quantitative estimate of drug-likeness (QED) is 0.801. The van der Waals surface area contributed by atoms with E-state index in [1.54, 1.807) is 6.92 Å². The summed E-state index contributed by atoms with van der Waals surface area (Å²) in [6.45, 7) is 4.24. The number of carbonyl (C=O) groups is 1. The van der Waals surface area contributed by atoms with Gasteiger partial charge in [0.05, 0.1) is 19.2 Å². The predicted octanol–water partition coefficient (Wildman–Crippen LogP) is 4.00. The molecule has 0 N–H and O–H groups in total. The van der Waals surface area contributed by atoms with Gasteiger partial charge in [-0.25, -0.2) is 9.78 Å². The van der Waals surface area contributed by atoms with E-state index in [0.717, 1.165) is 10.9 Å². The minimum Gasteiger partial charge on any atom is -0.480 e. The van der Waals surface area contributed by atoms with Crippen molar-refractivity contribution in [1.29, 1.82) is 0 Å². The number of fused-ring (bicyclic) bond motifs is 1. The molecule has 1 aliphatic rings. The molecule has 0 saturated heterocycles. The standard InChI is InChI=1S/C18H21NO3/c1-4-22-18(20)15-9-13-8-11(2)14(12-6-5-7-12)10-16(13)19-17(15)21-3/h8-10,12H,4-7H2,1-3H3. The van der Waals surface area contributed by atoms with Crippen molar-refractivity contribution < 1.29 is 14.3 Å². The van der Waals surface area contributed by atoms with Crippen LogP contribution in [-0.2, 0) is 4.74 Å². The second-order valence-corrected chi connectivity index (χ2v) is 5.80. The molecule has 0 spiro atoms. The Balaban J connectivity index is 2.10. The zero-order valence-electron chi connectivity index (χ0n) is 13.3. The average molecular weight is 299 g/mol. The first kappa shape index (κ1) is 14.8. The van der Waals surface area contributed by atoms with Crippen LogP contribution in [0.5, 0.6) is 5.88 Å². The van der Waals surface area contributed by atoms with Gasteiger partial charge in [-0.05, 0) is 61.9 Å². The minimum atomic E-state index is -0.394. The fourth-order valence-corrected chi connectivity index (χ4v) is 3.00. The topological polar surface area (TPSA) is 48.4 Å². The van der Waals surface area contributed by atoms with Crippen LogP contribution in [0.1, 0.15) is 53.6 Å². The number of nitrogens with zero attached hydrogens (tertiary/aromatic N) is 1. The molecule has 0 bridgehead atoms. The van der Waals surface area contributed by atoms with Crippen molar-refractivity contribution in [2.75, 3.05) is 13.7 Å². The van der Waals surface area contributed by atoms with Crippen LogP contribution in [0.2, 0.25) is 0 Å². The van der Waals surface area contributed by atoms with Crippen LogP contribution in [-0.4, -0.2) is 24.7 Å². The maximum absolute atomic E-state index is 12.0. The van der Waals surface area contributed by atoms with E-state index in [0.29, 0.717) is 24.0 Å². The summed E-state index contributed by atoms with van der Waals surface area (Å²) in [7, 11) is 1.53. The first-order valence-corrected chi connectivity index (χ1v) is 7.80. The van der Waals surface area contributed by atoms with Crippen molar-refractivity contribution in [3.63, 3.8) is 0 Å². The molecule has 1 aliphatic carbocycles. The average Bonchev–Trinajstić information content (AvgIpc) is 2.45. The second kappa shape index (κ2) is 5.95. The Bertz CT molecular complexity index is 720. The highest BCUT2D eigenvalue weighted by molar-refractivity contribution is 5.96. The molecule has 1 heterocycles. The van der Waals surface area contributed by atoms with E-state index in [4.69, 9.17) is 9.47 Å². The highest BCUT2D eigenvalue weighted by Crippen LogP contribution is 2.39. The molecule has 0 unspecified atom stereocenters. The normalized spacial score (nSPS) is 14.7. The first-order valence-electron chi connectivity index (χ1n) is 7.80. The van der Waals surface area contributed by atoms with Crippen LogP contribution >= 0.6 is 0 Å². The van der Waals surface area contributed by atoms with Gasteiger partial charge in [-0.2, -0.15) is 0 Å². The molecule has 4 heteroatoms. The molecule has 1 saturated carbocycles. The van der Waals surface area contributed by atoms with E-state index in [2.05, 4.69) is 24.0 Å². The van der Waals surface area contributed by atoms with Crippen LogP contribution in [0.3, 0.4) is 0 Å². The minimum absolute atomic E-state index is 0.328. The van der Waals surface area contributed by atoms with E-state index in [1.165, 1.54) is 37.5 Å². The summed E-state index contributed by atoms with van der Waals surface area (Å²) in [4.78, 5) is 16.6. The monoisotopic (exact) mass is 299 g/mol. The lowest BCUT2D eigenvalue weighted by atomic mass is 9.78. The molecule has 1 fully saturated rings. The Labute approximate surface area is 130 Å². The molecular weight excluding hydrogens is 278 g/mol. The van der Waals surface area contributed by atoms with Crippen LogP contribution in [0.15, 0.2) is 18.2 Å². The van der Waals surface area contributed by atoms with Gasteiger partial charge in [0.2, 0.25) is 5.88 Å². The Hall–Kier alpha value is -2.10. The third kappa shape index (κ3) is 2.54. The summed E-state index contributed by atoms with van der Waals surface area (Å²) in [6, 6.07) is 6.07. The van der Waals surface area contributed by atoms with Gasteiger partial charge in [0.25, 0.3) is 0 Å². The van der Waals surface area contributed by atoms with Crippen LogP contribution in [0, 0.1) is 6.92 Å². The number of aryl methyl sites for hydroxylation is 1. The lowest BCUT2D eigenvalue weighted by Crippen LogP contribution is -2.11. The Morgan fingerprint density at radius 3 is 2.68 bits per heavy atom. The molecule has 0 atom stereocenters. The highest BCUT2D eigenvalue weighted by atomic mass is 16.5. The Morgan fingerprint density at radius 1 is 1.32 bits per heavy atom. The van der Waals surface area contributed by atoms with Gasteiger partial charge >= 0.3 is 5.97 Å². The molecular formula is C18H21NO3. The van der Waals surface area contributed by atoms with E-state index in [9.17, 15) is 4.79 Å². The molecule has 1 aromatic heterocycles. The summed E-state index contributed by atoms with van der Waals surface area (Å²) < 4.78 is 10.4. The number of hydrogen-bond donors (Lipinski definition) is 0. The first-order chi connectivity index (χ1) is 10.6. The van der Waals surface area contributed by atoms with Crippen molar-refractivity contribution >= 4 is 16.9 Å². The van der Waals surface area contributed by atoms with Crippen molar-refractivity contribution in [3.05, 3.63) is 34.9 Å². The van der Waals surface area contributed by atoms with Crippen LogP contribution in [0.25, 0.3) is 10.9 Å². The van der Waals surface area contributed by atoms with Crippen LogP contribution in [0.4, 0.5) is 0 Å². The SMILES string of the molecule is CCOC(=O)c1cc2cc(C)c(C3CCC3)cc2nc1OC. The molecule has 4 nitrogen and oxygen atoms in total. The van der Waals surface area contributed by atoms with Gasteiger partial charge in [0.15, 0.2) is 0 Å². The molecule has 3 rings (SSSR count). The van der Waals surface area contributed by atoms with Gasteiger partial charge in [-0.1, -0.05) is 6.42 Å².